The lowest BCUT2D eigenvalue weighted by Gasteiger charge is -2.05. The van der Waals surface area contributed by atoms with Gasteiger partial charge in [-0.05, 0) is 13.0 Å². The summed E-state index contributed by atoms with van der Waals surface area (Å²) < 4.78 is 1.69. The Morgan fingerprint density at radius 3 is 3.00 bits per heavy atom. The van der Waals surface area contributed by atoms with Crippen LogP contribution in [0.5, 0.6) is 0 Å². The minimum Gasteiger partial charge on any atom is -0.369 e. The Morgan fingerprint density at radius 1 is 1.40 bits per heavy atom. The van der Waals surface area contributed by atoms with E-state index in [1.807, 2.05) is 14.0 Å². The summed E-state index contributed by atoms with van der Waals surface area (Å²) in [5.74, 6) is 1.87. The first-order valence-corrected chi connectivity index (χ1v) is 7.05. The summed E-state index contributed by atoms with van der Waals surface area (Å²) in [5, 5.41) is 8.53. The number of hydrogen-bond donors (Lipinski definition) is 2. The molecule has 7 nitrogen and oxygen atoms in total. The molecule has 3 heterocycles. The van der Waals surface area contributed by atoms with E-state index in [-0.39, 0.29) is 5.95 Å². The number of hydrogen-bond acceptors (Lipinski definition) is 7. The molecular formula is C12H15N7S. The smallest absolute Gasteiger partial charge is 0.223 e. The molecule has 0 atom stereocenters. The first-order chi connectivity index (χ1) is 9.61. The predicted octanol–water partition coefficient (Wildman–Crippen LogP) is 1.37. The maximum atomic E-state index is 5.74. The molecule has 0 aliphatic rings. The number of aryl methyl sites for hydroxylation is 2. The minimum absolute atomic E-state index is 0.290. The number of aromatic nitrogens is 5. The van der Waals surface area contributed by atoms with E-state index in [2.05, 4.69) is 31.4 Å². The number of nitrogen functional groups attached to an aromatic ring is 1. The number of thiophene rings is 1. The fourth-order valence-electron chi connectivity index (χ4n) is 1.98. The lowest BCUT2D eigenvalue weighted by molar-refractivity contribution is 0.742. The van der Waals surface area contributed by atoms with Crippen molar-refractivity contribution in [2.24, 2.45) is 7.05 Å². The fraction of sp³-hybridized carbons (Fsp3) is 0.333. The molecule has 0 spiro atoms. The van der Waals surface area contributed by atoms with Gasteiger partial charge in [0.2, 0.25) is 5.95 Å². The summed E-state index contributed by atoms with van der Waals surface area (Å²) in [7, 11) is 1.85. The van der Waals surface area contributed by atoms with Crippen molar-refractivity contribution in [3.8, 4) is 0 Å². The molecule has 3 rings (SSSR count). The average molecular weight is 289 g/mol. The van der Waals surface area contributed by atoms with Gasteiger partial charge < -0.3 is 11.1 Å². The predicted molar refractivity (Wildman–Crippen MR) is 79.8 cm³/mol. The Balaban J connectivity index is 1.76. The second kappa shape index (κ2) is 5.04. The molecule has 0 aliphatic heterocycles. The SMILES string of the molecule is Cc1cc2c(NCCc3ncn(C)n3)nc(N)nc2s1. The molecule has 0 fully saturated rings. The third-order valence-corrected chi connectivity index (χ3v) is 3.77. The van der Waals surface area contributed by atoms with Crippen LogP contribution in [0.3, 0.4) is 0 Å². The quantitative estimate of drug-likeness (QED) is 0.753. The zero-order chi connectivity index (χ0) is 14.1. The maximum absolute atomic E-state index is 5.74. The van der Waals surface area contributed by atoms with Crippen molar-refractivity contribution in [3.63, 3.8) is 0 Å². The van der Waals surface area contributed by atoms with Gasteiger partial charge in [0.15, 0.2) is 5.82 Å². The van der Waals surface area contributed by atoms with Gasteiger partial charge in [-0.1, -0.05) is 0 Å². The second-order valence-electron chi connectivity index (χ2n) is 4.52. The molecule has 8 heteroatoms. The lowest BCUT2D eigenvalue weighted by Crippen LogP contribution is -2.09. The van der Waals surface area contributed by atoms with E-state index in [9.17, 15) is 0 Å². The largest absolute Gasteiger partial charge is 0.369 e. The molecule has 104 valence electrons. The van der Waals surface area contributed by atoms with Crippen LogP contribution in [0.1, 0.15) is 10.7 Å². The van der Waals surface area contributed by atoms with E-state index >= 15 is 0 Å². The van der Waals surface area contributed by atoms with E-state index in [1.165, 1.54) is 4.88 Å². The van der Waals surface area contributed by atoms with Gasteiger partial charge in [0.25, 0.3) is 0 Å². The standard InChI is InChI=1S/C12H15N7S/c1-7-5-8-10(16-12(13)17-11(8)20-7)14-4-3-9-15-6-19(2)18-9/h5-6H,3-4H2,1-2H3,(H3,13,14,16,17). The average Bonchev–Trinajstić information content (AvgIpc) is 2.94. The normalized spacial score (nSPS) is 11.1. The molecule has 0 saturated heterocycles. The number of nitrogens with two attached hydrogens (primary N) is 1. The van der Waals surface area contributed by atoms with Gasteiger partial charge >= 0.3 is 0 Å². The summed E-state index contributed by atoms with van der Waals surface area (Å²) in [6.45, 7) is 2.74. The molecule has 3 aromatic heterocycles. The van der Waals surface area contributed by atoms with Gasteiger partial charge in [0, 0.05) is 24.9 Å². The van der Waals surface area contributed by atoms with Crippen LogP contribution in [0.4, 0.5) is 11.8 Å². The van der Waals surface area contributed by atoms with Crippen LogP contribution in [0, 0.1) is 6.92 Å². The van der Waals surface area contributed by atoms with Crippen LogP contribution in [0.25, 0.3) is 10.2 Å². The Hall–Kier alpha value is -2.22. The van der Waals surface area contributed by atoms with Crippen molar-refractivity contribution < 1.29 is 0 Å². The topological polar surface area (TPSA) is 94.5 Å². The maximum Gasteiger partial charge on any atom is 0.223 e. The van der Waals surface area contributed by atoms with Crippen molar-refractivity contribution in [3.05, 3.63) is 23.1 Å². The van der Waals surface area contributed by atoms with Crippen LogP contribution < -0.4 is 11.1 Å². The van der Waals surface area contributed by atoms with Crippen LogP contribution in [0.2, 0.25) is 0 Å². The Kier molecular flexibility index (Phi) is 3.23. The summed E-state index contributed by atoms with van der Waals surface area (Å²) in [4.78, 5) is 14.8. The van der Waals surface area contributed by atoms with Crippen molar-refractivity contribution in [2.75, 3.05) is 17.6 Å². The van der Waals surface area contributed by atoms with Crippen molar-refractivity contribution in [1.82, 2.24) is 24.7 Å². The first-order valence-electron chi connectivity index (χ1n) is 6.24. The first kappa shape index (κ1) is 12.8. The summed E-state index contributed by atoms with van der Waals surface area (Å²) in [5.41, 5.74) is 5.74. The highest BCUT2D eigenvalue weighted by Crippen LogP contribution is 2.28. The van der Waals surface area contributed by atoms with E-state index in [0.29, 0.717) is 6.54 Å². The van der Waals surface area contributed by atoms with Gasteiger partial charge in [-0.25, -0.2) is 9.97 Å². The lowest BCUT2D eigenvalue weighted by atomic mass is 10.3. The van der Waals surface area contributed by atoms with Crippen molar-refractivity contribution in [2.45, 2.75) is 13.3 Å². The summed E-state index contributed by atoms with van der Waals surface area (Å²) >= 11 is 1.61. The second-order valence-corrected chi connectivity index (χ2v) is 5.75. The van der Waals surface area contributed by atoms with Crippen molar-refractivity contribution >= 4 is 33.3 Å². The van der Waals surface area contributed by atoms with Gasteiger partial charge in [-0.3, -0.25) is 4.68 Å². The molecule has 3 aromatic rings. The Morgan fingerprint density at radius 2 is 2.25 bits per heavy atom. The molecule has 0 unspecified atom stereocenters. The minimum atomic E-state index is 0.290. The molecule has 0 aromatic carbocycles. The summed E-state index contributed by atoms with van der Waals surface area (Å²) in [6.07, 6.45) is 2.42. The number of nitrogens with zero attached hydrogens (tertiary/aromatic N) is 5. The van der Waals surface area contributed by atoms with E-state index in [0.717, 1.165) is 28.3 Å². The number of anilines is 2. The van der Waals surface area contributed by atoms with E-state index in [1.54, 1.807) is 22.3 Å². The van der Waals surface area contributed by atoms with Gasteiger partial charge in [-0.2, -0.15) is 10.1 Å². The van der Waals surface area contributed by atoms with E-state index < -0.39 is 0 Å². The van der Waals surface area contributed by atoms with Crippen LogP contribution >= 0.6 is 11.3 Å². The molecule has 0 radical (unpaired) electrons. The van der Waals surface area contributed by atoms with Crippen LogP contribution in [-0.2, 0) is 13.5 Å². The van der Waals surface area contributed by atoms with Crippen LogP contribution in [0.15, 0.2) is 12.4 Å². The van der Waals surface area contributed by atoms with Crippen molar-refractivity contribution in [1.29, 1.82) is 0 Å². The summed E-state index contributed by atoms with van der Waals surface area (Å²) in [6, 6.07) is 2.07. The van der Waals surface area contributed by atoms with Gasteiger partial charge in [-0.15, -0.1) is 11.3 Å². The highest BCUT2D eigenvalue weighted by atomic mass is 32.1. The zero-order valence-electron chi connectivity index (χ0n) is 11.3. The molecule has 0 amide bonds. The van der Waals surface area contributed by atoms with Gasteiger partial charge in [0.05, 0.1) is 5.39 Å². The molecule has 0 saturated carbocycles. The monoisotopic (exact) mass is 289 g/mol. The highest BCUT2D eigenvalue weighted by molar-refractivity contribution is 7.18. The van der Waals surface area contributed by atoms with Gasteiger partial charge in [0.1, 0.15) is 17.0 Å². The third-order valence-electron chi connectivity index (χ3n) is 2.82. The molecule has 3 N–H and O–H groups in total. The molecule has 0 bridgehead atoms. The van der Waals surface area contributed by atoms with Crippen LogP contribution in [-0.4, -0.2) is 31.3 Å². The third kappa shape index (κ3) is 2.55. The molecule has 20 heavy (non-hydrogen) atoms. The number of fused-ring (bicyclic) bond motifs is 1. The number of nitrogens with one attached hydrogen (secondary N) is 1. The fourth-order valence-corrected chi connectivity index (χ4v) is 2.87. The molecular weight excluding hydrogens is 274 g/mol. The zero-order valence-corrected chi connectivity index (χ0v) is 12.1. The molecule has 0 aliphatic carbocycles. The Labute approximate surface area is 119 Å². The Bertz CT molecular complexity index is 745. The van der Waals surface area contributed by atoms with E-state index in [4.69, 9.17) is 5.73 Å². The highest BCUT2D eigenvalue weighted by Gasteiger charge is 2.09. The number of rotatable bonds is 4.